The molecule has 1 heterocycles. The second-order valence-electron chi connectivity index (χ2n) is 6.29. The standard InChI is InChI=1S/C16H25N3O3S/c1-12(13-5-4-8-17-11-13)9-16(20)18-14-6-3-7-15(10-14)19-23(2,21)22/h3,6-7,10,12-13,17,19H,4-5,8-9,11H2,1-2H3,(H,18,20). The summed E-state index contributed by atoms with van der Waals surface area (Å²) in [6, 6.07) is 6.72. The fraction of sp³-hybridized carbons (Fsp3) is 0.562. The Morgan fingerprint density at radius 2 is 2.13 bits per heavy atom. The van der Waals surface area contributed by atoms with E-state index in [0.29, 0.717) is 29.6 Å². The van der Waals surface area contributed by atoms with E-state index >= 15 is 0 Å². The maximum absolute atomic E-state index is 12.2. The molecule has 2 unspecified atom stereocenters. The maximum Gasteiger partial charge on any atom is 0.229 e. The third-order valence-corrected chi connectivity index (χ3v) is 4.70. The predicted molar refractivity (Wildman–Crippen MR) is 92.9 cm³/mol. The molecule has 1 fully saturated rings. The highest BCUT2D eigenvalue weighted by Gasteiger charge is 2.22. The fourth-order valence-electron chi connectivity index (χ4n) is 2.91. The van der Waals surface area contributed by atoms with Crippen molar-refractivity contribution in [3.63, 3.8) is 0 Å². The van der Waals surface area contributed by atoms with E-state index in [2.05, 4.69) is 22.3 Å². The summed E-state index contributed by atoms with van der Waals surface area (Å²) in [6.07, 6.45) is 3.89. The van der Waals surface area contributed by atoms with Crippen LogP contribution in [0.15, 0.2) is 24.3 Å². The van der Waals surface area contributed by atoms with Crippen LogP contribution in [0.4, 0.5) is 11.4 Å². The molecule has 0 aromatic heterocycles. The molecular weight excluding hydrogens is 314 g/mol. The minimum Gasteiger partial charge on any atom is -0.326 e. The van der Waals surface area contributed by atoms with Crippen LogP contribution in [0.3, 0.4) is 0 Å². The van der Waals surface area contributed by atoms with Gasteiger partial charge in [-0.1, -0.05) is 13.0 Å². The van der Waals surface area contributed by atoms with Crippen molar-refractivity contribution >= 4 is 27.3 Å². The Bertz CT molecular complexity index is 640. The van der Waals surface area contributed by atoms with Crippen LogP contribution in [0, 0.1) is 11.8 Å². The SMILES string of the molecule is CC(CC(=O)Nc1cccc(NS(C)(=O)=O)c1)C1CCCNC1. The molecule has 1 saturated heterocycles. The molecule has 7 heteroatoms. The van der Waals surface area contributed by atoms with Gasteiger partial charge in [-0.25, -0.2) is 8.42 Å². The molecule has 0 spiro atoms. The van der Waals surface area contributed by atoms with Crippen LogP contribution in [0.25, 0.3) is 0 Å². The van der Waals surface area contributed by atoms with Crippen LogP contribution in [-0.2, 0) is 14.8 Å². The van der Waals surface area contributed by atoms with Gasteiger partial charge in [0.05, 0.1) is 11.9 Å². The van der Waals surface area contributed by atoms with E-state index in [-0.39, 0.29) is 5.91 Å². The largest absolute Gasteiger partial charge is 0.326 e. The number of carbonyl (C=O) groups is 1. The van der Waals surface area contributed by atoms with Gasteiger partial charge in [0.15, 0.2) is 0 Å². The van der Waals surface area contributed by atoms with Crippen LogP contribution >= 0.6 is 0 Å². The zero-order valence-corrected chi connectivity index (χ0v) is 14.4. The number of benzene rings is 1. The molecular formula is C16H25N3O3S. The first-order valence-electron chi connectivity index (χ1n) is 7.92. The first-order chi connectivity index (χ1) is 10.8. The molecule has 1 aromatic carbocycles. The van der Waals surface area contributed by atoms with Crippen LogP contribution in [0.5, 0.6) is 0 Å². The fourth-order valence-corrected chi connectivity index (χ4v) is 3.47. The summed E-state index contributed by atoms with van der Waals surface area (Å²) in [5, 5.41) is 6.21. The van der Waals surface area contributed by atoms with Crippen molar-refractivity contribution in [3.05, 3.63) is 24.3 Å². The summed E-state index contributed by atoms with van der Waals surface area (Å²) < 4.78 is 24.9. The number of carbonyl (C=O) groups excluding carboxylic acids is 1. The third kappa shape index (κ3) is 6.19. The first kappa shape index (κ1) is 17.7. The molecule has 0 saturated carbocycles. The van der Waals surface area contributed by atoms with Gasteiger partial charge in [0, 0.05) is 12.1 Å². The van der Waals surface area contributed by atoms with Crippen molar-refractivity contribution < 1.29 is 13.2 Å². The Morgan fingerprint density at radius 1 is 1.39 bits per heavy atom. The Labute approximate surface area is 138 Å². The van der Waals surface area contributed by atoms with Gasteiger partial charge in [-0.05, 0) is 56.0 Å². The summed E-state index contributed by atoms with van der Waals surface area (Å²) in [6.45, 7) is 4.15. The molecule has 0 radical (unpaired) electrons. The zero-order chi connectivity index (χ0) is 16.9. The highest BCUT2D eigenvalue weighted by molar-refractivity contribution is 7.92. The number of anilines is 2. The van der Waals surface area contributed by atoms with Crippen LogP contribution in [-0.4, -0.2) is 33.7 Å². The summed E-state index contributed by atoms with van der Waals surface area (Å²) in [5.41, 5.74) is 1.03. The van der Waals surface area contributed by atoms with E-state index in [1.165, 1.54) is 0 Å². The van der Waals surface area contributed by atoms with E-state index in [0.717, 1.165) is 32.2 Å². The van der Waals surface area contributed by atoms with Crippen molar-refractivity contribution in [1.82, 2.24) is 5.32 Å². The van der Waals surface area contributed by atoms with Gasteiger partial charge in [0.1, 0.15) is 0 Å². The van der Waals surface area contributed by atoms with Gasteiger partial charge < -0.3 is 10.6 Å². The number of sulfonamides is 1. The molecule has 1 aliphatic heterocycles. The monoisotopic (exact) mass is 339 g/mol. The molecule has 3 N–H and O–H groups in total. The molecule has 1 aromatic rings. The molecule has 1 amide bonds. The molecule has 2 rings (SSSR count). The summed E-state index contributed by atoms with van der Waals surface area (Å²) in [4.78, 5) is 12.2. The smallest absolute Gasteiger partial charge is 0.229 e. The Kier molecular flexibility index (Phi) is 6.01. The number of nitrogens with one attached hydrogen (secondary N) is 3. The number of piperidine rings is 1. The van der Waals surface area contributed by atoms with Crippen LogP contribution in [0.2, 0.25) is 0 Å². The van der Waals surface area contributed by atoms with Crippen molar-refractivity contribution in [2.24, 2.45) is 11.8 Å². The molecule has 2 atom stereocenters. The molecule has 1 aliphatic rings. The van der Waals surface area contributed by atoms with Crippen molar-refractivity contribution in [1.29, 1.82) is 0 Å². The van der Waals surface area contributed by atoms with Gasteiger partial charge in [-0.3, -0.25) is 9.52 Å². The predicted octanol–water partition coefficient (Wildman–Crippen LogP) is 2.02. The van der Waals surface area contributed by atoms with Gasteiger partial charge in [-0.15, -0.1) is 0 Å². The topological polar surface area (TPSA) is 87.3 Å². The number of amides is 1. The van der Waals surface area contributed by atoms with Crippen molar-refractivity contribution in [2.75, 3.05) is 29.4 Å². The van der Waals surface area contributed by atoms with Gasteiger partial charge >= 0.3 is 0 Å². The van der Waals surface area contributed by atoms with Gasteiger partial charge in [-0.2, -0.15) is 0 Å². The van der Waals surface area contributed by atoms with E-state index < -0.39 is 10.0 Å². The van der Waals surface area contributed by atoms with E-state index in [4.69, 9.17) is 0 Å². The second kappa shape index (κ2) is 7.79. The van der Waals surface area contributed by atoms with E-state index in [1.807, 2.05) is 0 Å². The number of hydrogen-bond donors (Lipinski definition) is 3. The first-order valence-corrected chi connectivity index (χ1v) is 9.81. The normalized spacial score (nSPS) is 19.8. The molecule has 23 heavy (non-hydrogen) atoms. The van der Waals surface area contributed by atoms with E-state index in [1.54, 1.807) is 24.3 Å². The summed E-state index contributed by atoms with van der Waals surface area (Å²) >= 11 is 0. The Balaban J connectivity index is 1.90. The van der Waals surface area contributed by atoms with E-state index in [9.17, 15) is 13.2 Å². The number of hydrogen-bond acceptors (Lipinski definition) is 4. The minimum atomic E-state index is -3.33. The molecule has 128 valence electrons. The van der Waals surface area contributed by atoms with Crippen LogP contribution < -0.4 is 15.4 Å². The Morgan fingerprint density at radius 3 is 2.78 bits per heavy atom. The molecule has 0 bridgehead atoms. The maximum atomic E-state index is 12.2. The lowest BCUT2D eigenvalue weighted by atomic mass is 9.85. The van der Waals surface area contributed by atoms with Crippen LogP contribution in [0.1, 0.15) is 26.2 Å². The lowest BCUT2D eigenvalue weighted by Crippen LogP contribution is -2.34. The lowest BCUT2D eigenvalue weighted by Gasteiger charge is -2.28. The van der Waals surface area contributed by atoms with Gasteiger partial charge in [0.2, 0.25) is 15.9 Å². The molecule has 0 aliphatic carbocycles. The highest BCUT2D eigenvalue weighted by Crippen LogP contribution is 2.23. The highest BCUT2D eigenvalue weighted by atomic mass is 32.2. The summed E-state index contributed by atoms with van der Waals surface area (Å²) in [7, 11) is -3.33. The average molecular weight is 339 g/mol. The average Bonchev–Trinajstić information content (AvgIpc) is 2.46. The van der Waals surface area contributed by atoms with Gasteiger partial charge in [0.25, 0.3) is 0 Å². The third-order valence-electron chi connectivity index (χ3n) is 4.10. The van der Waals surface area contributed by atoms with Crippen molar-refractivity contribution in [2.45, 2.75) is 26.2 Å². The zero-order valence-electron chi connectivity index (χ0n) is 13.6. The quantitative estimate of drug-likeness (QED) is 0.740. The minimum absolute atomic E-state index is 0.0421. The second-order valence-corrected chi connectivity index (χ2v) is 8.04. The Hall–Kier alpha value is -1.60. The molecule has 6 nitrogen and oxygen atoms in total. The van der Waals surface area contributed by atoms with Crippen molar-refractivity contribution in [3.8, 4) is 0 Å². The summed E-state index contributed by atoms with van der Waals surface area (Å²) in [5.74, 6) is 0.812. The lowest BCUT2D eigenvalue weighted by molar-refractivity contribution is -0.117. The number of rotatable bonds is 6.